The second kappa shape index (κ2) is 8.69. The molecule has 3 heteroatoms. The van der Waals surface area contributed by atoms with Crippen molar-refractivity contribution in [1.82, 2.24) is 4.31 Å². The lowest BCUT2D eigenvalue weighted by molar-refractivity contribution is 0.462. The highest BCUT2D eigenvalue weighted by Crippen LogP contribution is 2.27. The van der Waals surface area contributed by atoms with Gasteiger partial charge in [-0.3, -0.25) is 0 Å². The molecule has 0 radical (unpaired) electrons. The van der Waals surface area contributed by atoms with Crippen LogP contribution in [0.3, 0.4) is 0 Å². The zero-order valence-electron chi connectivity index (χ0n) is 13.6. The Morgan fingerprint density at radius 3 is 1.58 bits per heavy atom. The van der Waals surface area contributed by atoms with Gasteiger partial charge in [0.15, 0.2) is 0 Å². The van der Waals surface area contributed by atoms with Crippen LogP contribution in [0.25, 0.3) is 0 Å². The summed E-state index contributed by atoms with van der Waals surface area (Å²) in [7, 11) is 0. The summed E-state index contributed by atoms with van der Waals surface area (Å²) >= 11 is 1.79. The van der Waals surface area contributed by atoms with E-state index in [1.165, 1.54) is 16.0 Å². The molecule has 122 valence electrons. The average Bonchev–Trinajstić information content (AvgIpc) is 2.64. The van der Waals surface area contributed by atoms with Gasteiger partial charge in [-0.1, -0.05) is 72.8 Å². The Kier molecular flexibility index (Phi) is 6.07. The molecule has 24 heavy (non-hydrogen) atoms. The van der Waals surface area contributed by atoms with Gasteiger partial charge in [0.1, 0.15) is 0 Å². The second-order valence-electron chi connectivity index (χ2n) is 5.71. The standard InChI is InChI=1S/C21H22N2S/c22-15-18-11-13-21(14-12-18)24-23(16-19-7-3-1-4-8-19)17-20-9-5-2-6-10-20/h1-14H,15-17,22H2. The molecular formula is C21H22N2S. The van der Waals surface area contributed by atoms with Crippen molar-refractivity contribution in [2.24, 2.45) is 5.73 Å². The van der Waals surface area contributed by atoms with E-state index in [1.54, 1.807) is 11.9 Å². The SMILES string of the molecule is NCc1ccc(SN(Cc2ccccc2)Cc2ccccc2)cc1. The van der Waals surface area contributed by atoms with Crippen LogP contribution >= 0.6 is 11.9 Å². The van der Waals surface area contributed by atoms with Crippen molar-refractivity contribution < 1.29 is 0 Å². The van der Waals surface area contributed by atoms with Gasteiger partial charge in [-0.05, 0) is 40.8 Å². The van der Waals surface area contributed by atoms with E-state index in [9.17, 15) is 0 Å². The normalized spacial score (nSPS) is 10.9. The molecule has 0 fully saturated rings. The van der Waals surface area contributed by atoms with Crippen molar-refractivity contribution in [3.63, 3.8) is 0 Å². The Morgan fingerprint density at radius 2 is 1.12 bits per heavy atom. The summed E-state index contributed by atoms with van der Waals surface area (Å²) in [6.45, 7) is 2.39. The molecule has 0 aliphatic carbocycles. The Labute approximate surface area is 148 Å². The first kappa shape index (κ1) is 16.8. The molecule has 3 aromatic rings. The number of hydrogen-bond donors (Lipinski definition) is 1. The minimum Gasteiger partial charge on any atom is -0.326 e. The molecule has 0 bridgehead atoms. The largest absolute Gasteiger partial charge is 0.326 e. The van der Waals surface area contributed by atoms with Crippen LogP contribution in [0.2, 0.25) is 0 Å². The summed E-state index contributed by atoms with van der Waals surface area (Å²) in [6, 6.07) is 29.7. The Balaban J connectivity index is 1.75. The smallest absolute Gasteiger partial charge is 0.0347 e. The molecule has 0 saturated carbocycles. The highest BCUT2D eigenvalue weighted by molar-refractivity contribution is 7.97. The van der Waals surface area contributed by atoms with Crippen LogP contribution in [-0.4, -0.2) is 4.31 Å². The number of benzene rings is 3. The summed E-state index contributed by atoms with van der Waals surface area (Å²) in [5.41, 5.74) is 9.49. The van der Waals surface area contributed by atoms with Crippen molar-refractivity contribution >= 4 is 11.9 Å². The summed E-state index contributed by atoms with van der Waals surface area (Å²) in [4.78, 5) is 1.24. The molecular weight excluding hydrogens is 312 g/mol. The number of nitrogens with zero attached hydrogens (tertiary/aromatic N) is 1. The predicted molar refractivity (Wildman–Crippen MR) is 102 cm³/mol. The number of hydrogen-bond acceptors (Lipinski definition) is 3. The van der Waals surface area contributed by atoms with Crippen molar-refractivity contribution in [1.29, 1.82) is 0 Å². The van der Waals surface area contributed by atoms with Gasteiger partial charge in [-0.2, -0.15) is 0 Å². The van der Waals surface area contributed by atoms with E-state index in [0.29, 0.717) is 6.54 Å². The van der Waals surface area contributed by atoms with Crippen LogP contribution in [0.4, 0.5) is 0 Å². The second-order valence-corrected chi connectivity index (χ2v) is 6.88. The molecule has 2 nitrogen and oxygen atoms in total. The Bertz CT molecular complexity index is 685. The third-order valence-electron chi connectivity index (χ3n) is 3.80. The van der Waals surface area contributed by atoms with E-state index < -0.39 is 0 Å². The fourth-order valence-electron chi connectivity index (χ4n) is 2.53. The molecule has 0 amide bonds. The van der Waals surface area contributed by atoms with Crippen molar-refractivity contribution in [2.75, 3.05) is 0 Å². The Hall–Kier alpha value is -2.07. The lowest BCUT2D eigenvalue weighted by atomic mass is 10.2. The zero-order chi connectivity index (χ0) is 16.6. The predicted octanol–water partition coefficient (Wildman–Crippen LogP) is 4.85. The zero-order valence-corrected chi connectivity index (χ0v) is 14.5. The van der Waals surface area contributed by atoms with Crippen LogP contribution in [0, 0.1) is 0 Å². The van der Waals surface area contributed by atoms with Gasteiger partial charge >= 0.3 is 0 Å². The molecule has 0 heterocycles. The van der Waals surface area contributed by atoms with E-state index in [2.05, 4.69) is 89.2 Å². The van der Waals surface area contributed by atoms with Crippen molar-refractivity contribution in [3.05, 3.63) is 102 Å². The van der Waals surface area contributed by atoms with E-state index in [4.69, 9.17) is 5.73 Å². The average molecular weight is 334 g/mol. The molecule has 0 unspecified atom stereocenters. The van der Waals surface area contributed by atoms with Gasteiger partial charge < -0.3 is 5.73 Å². The van der Waals surface area contributed by atoms with Gasteiger partial charge in [-0.15, -0.1) is 0 Å². The van der Waals surface area contributed by atoms with Crippen LogP contribution in [0.5, 0.6) is 0 Å². The van der Waals surface area contributed by atoms with Crippen LogP contribution in [0.1, 0.15) is 16.7 Å². The lowest BCUT2D eigenvalue weighted by Gasteiger charge is -2.21. The molecule has 3 aromatic carbocycles. The summed E-state index contributed by atoms with van der Waals surface area (Å²) < 4.78 is 2.39. The minimum absolute atomic E-state index is 0.586. The van der Waals surface area contributed by atoms with Gasteiger partial charge in [0.05, 0.1) is 0 Å². The molecule has 2 N–H and O–H groups in total. The first-order valence-electron chi connectivity index (χ1n) is 8.13. The number of rotatable bonds is 7. The van der Waals surface area contributed by atoms with Gasteiger partial charge in [-0.25, -0.2) is 4.31 Å². The van der Waals surface area contributed by atoms with E-state index >= 15 is 0 Å². The summed E-state index contributed by atoms with van der Waals surface area (Å²) in [5, 5.41) is 0. The van der Waals surface area contributed by atoms with Crippen LogP contribution in [0.15, 0.2) is 89.8 Å². The quantitative estimate of drug-likeness (QED) is 0.626. The molecule has 0 saturated heterocycles. The van der Waals surface area contributed by atoms with E-state index in [0.717, 1.165) is 18.7 Å². The first-order chi connectivity index (χ1) is 11.8. The third-order valence-corrected chi connectivity index (χ3v) is 4.80. The third kappa shape index (κ3) is 4.96. The lowest BCUT2D eigenvalue weighted by Crippen LogP contribution is -2.14. The monoisotopic (exact) mass is 334 g/mol. The highest BCUT2D eigenvalue weighted by atomic mass is 32.2. The van der Waals surface area contributed by atoms with Crippen LogP contribution in [-0.2, 0) is 19.6 Å². The summed E-state index contributed by atoms with van der Waals surface area (Å²) in [5.74, 6) is 0. The fraction of sp³-hybridized carbons (Fsp3) is 0.143. The van der Waals surface area contributed by atoms with Crippen molar-refractivity contribution in [3.8, 4) is 0 Å². The maximum atomic E-state index is 5.69. The fourth-order valence-corrected chi connectivity index (χ4v) is 3.51. The summed E-state index contributed by atoms with van der Waals surface area (Å²) in [6.07, 6.45) is 0. The maximum absolute atomic E-state index is 5.69. The Morgan fingerprint density at radius 1 is 0.625 bits per heavy atom. The van der Waals surface area contributed by atoms with Crippen molar-refractivity contribution in [2.45, 2.75) is 24.5 Å². The topological polar surface area (TPSA) is 29.3 Å². The maximum Gasteiger partial charge on any atom is 0.0347 e. The van der Waals surface area contributed by atoms with E-state index in [-0.39, 0.29) is 0 Å². The molecule has 0 aromatic heterocycles. The molecule has 0 atom stereocenters. The van der Waals surface area contributed by atoms with Gasteiger partial charge in [0.2, 0.25) is 0 Å². The highest BCUT2D eigenvalue weighted by Gasteiger charge is 2.09. The van der Waals surface area contributed by atoms with Gasteiger partial charge in [0.25, 0.3) is 0 Å². The molecule has 0 aliphatic rings. The molecule has 0 spiro atoms. The van der Waals surface area contributed by atoms with Gasteiger partial charge in [0, 0.05) is 24.5 Å². The van der Waals surface area contributed by atoms with Crippen LogP contribution < -0.4 is 5.73 Å². The first-order valence-corrected chi connectivity index (χ1v) is 8.90. The van der Waals surface area contributed by atoms with E-state index in [1.807, 2.05) is 0 Å². The minimum atomic E-state index is 0.586. The number of nitrogens with two attached hydrogens (primary N) is 1. The molecule has 3 rings (SSSR count). The molecule has 0 aliphatic heterocycles.